The first-order valence-electron chi connectivity index (χ1n) is 8.86. The Morgan fingerprint density at radius 1 is 1.10 bits per heavy atom. The second kappa shape index (κ2) is 13.3. The van der Waals surface area contributed by atoms with E-state index in [9.17, 15) is 33.5 Å². The van der Waals surface area contributed by atoms with E-state index in [4.69, 9.17) is 9.47 Å². The van der Waals surface area contributed by atoms with E-state index in [-0.39, 0.29) is 58.0 Å². The third-order valence-electron chi connectivity index (χ3n) is 3.68. The molecule has 0 aliphatic carbocycles. The number of benzene rings is 1. The standard InChI is InChI=1S/C18H28NO9P2.Y/c1-13(2)18(20)28-7-5-6-27-17-15(4)8-14(3)9-16(17)10-19(11-29(21,22)23)12-30(24,25)26;/h5,8-9H,1,6-7,10-12H2,2-4H3,(H2,21,22,23)(H2,24,25,26);/q-1;+3. The number of nitrogens with zero attached hydrogens (tertiary/aromatic N) is 1. The molecular weight excluding hydrogens is 525 g/mol. The normalized spacial score (nSPS) is 11.7. The quantitative estimate of drug-likeness (QED) is 0.0995. The zero-order valence-corrected chi connectivity index (χ0v) is 22.4. The summed E-state index contributed by atoms with van der Waals surface area (Å²) in [7, 11) is -9.10. The molecule has 170 valence electrons. The summed E-state index contributed by atoms with van der Waals surface area (Å²) in [6.07, 6.45) is -0.0476. The van der Waals surface area contributed by atoms with E-state index >= 15 is 0 Å². The SMILES string of the molecule is C=C(C)C(=O)OC[CH-]COc1c(C)cc(C)cc1CN(CP(=O)(O)O)CP(=O)(O)O.[Y+3]. The first-order chi connectivity index (χ1) is 13.7. The van der Waals surface area contributed by atoms with Gasteiger partial charge < -0.3 is 29.0 Å². The van der Waals surface area contributed by atoms with Crippen molar-refractivity contribution in [2.24, 2.45) is 0 Å². The molecule has 0 spiro atoms. The van der Waals surface area contributed by atoms with Gasteiger partial charge in [0, 0.05) is 17.7 Å². The Balaban J connectivity index is 0.00000900. The summed E-state index contributed by atoms with van der Waals surface area (Å²) in [6.45, 7) is 8.55. The van der Waals surface area contributed by atoms with E-state index in [0.29, 0.717) is 11.3 Å². The number of esters is 1. The molecule has 0 aromatic heterocycles. The zero-order valence-electron chi connectivity index (χ0n) is 17.7. The van der Waals surface area contributed by atoms with Crippen molar-refractivity contribution in [2.75, 3.05) is 25.8 Å². The molecule has 1 aromatic carbocycles. The maximum Gasteiger partial charge on any atom is 3.00 e. The molecule has 10 nitrogen and oxygen atoms in total. The van der Waals surface area contributed by atoms with Gasteiger partial charge in [-0.05, 0) is 39.5 Å². The van der Waals surface area contributed by atoms with Gasteiger partial charge in [0.15, 0.2) is 0 Å². The maximum atomic E-state index is 11.4. The fourth-order valence-electron chi connectivity index (χ4n) is 2.72. The molecule has 0 aliphatic rings. The molecule has 0 heterocycles. The average molecular weight is 553 g/mol. The van der Waals surface area contributed by atoms with Crippen molar-refractivity contribution in [3.63, 3.8) is 0 Å². The van der Waals surface area contributed by atoms with Crippen LogP contribution in [0.25, 0.3) is 0 Å². The van der Waals surface area contributed by atoms with E-state index in [1.165, 1.54) is 6.92 Å². The summed E-state index contributed by atoms with van der Waals surface area (Å²) < 4.78 is 33.5. The minimum absolute atomic E-state index is 0. The number of hydrogen-bond donors (Lipinski definition) is 4. The molecule has 4 N–H and O–H groups in total. The van der Waals surface area contributed by atoms with Crippen molar-refractivity contribution in [3.8, 4) is 5.75 Å². The number of aryl methyl sites for hydroxylation is 2. The van der Waals surface area contributed by atoms with E-state index in [2.05, 4.69) is 6.58 Å². The monoisotopic (exact) mass is 553 g/mol. The molecular formula is C18H28NO9P2Y+2. The number of carbonyl (C=O) groups excluding carboxylic acids is 1. The van der Waals surface area contributed by atoms with Crippen LogP contribution in [0, 0.1) is 20.3 Å². The van der Waals surface area contributed by atoms with E-state index in [1.54, 1.807) is 19.4 Å². The summed E-state index contributed by atoms with van der Waals surface area (Å²) in [4.78, 5) is 49.4. The zero-order chi connectivity index (χ0) is 23.1. The van der Waals surface area contributed by atoms with Gasteiger partial charge in [0.25, 0.3) is 0 Å². The van der Waals surface area contributed by atoms with Crippen LogP contribution in [0.5, 0.6) is 5.75 Å². The molecule has 0 aliphatic heterocycles. The van der Waals surface area contributed by atoms with Crippen LogP contribution < -0.4 is 4.74 Å². The van der Waals surface area contributed by atoms with E-state index in [0.717, 1.165) is 16.0 Å². The van der Waals surface area contributed by atoms with Gasteiger partial charge >= 0.3 is 53.9 Å². The van der Waals surface area contributed by atoms with E-state index in [1.807, 2.05) is 13.0 Å². The van der Waals surface area contributed by atoms with Crippen LogP contribution in [0.4, 0.5) is 0 Å². The van der Waals surface area contributed by atoms with Crippen molar-refractivity contribution >= 4 is 21.2 Å². The molecule has 0 fully saturated rings. The van der Waals surface area contributed by atoms with Crippen LogP contribution in [-0.4, -0.2) is 56.2 Å². The topological polar surface area (TPSA) is 154 Å². The summed E-state index contributed by atoms with van der Waals surface area (Å²) in [6, 6.07) is 3.56. The number of rotatable bonds is 12. The van der Waals surface area contributed by atoms with Gasteiger partial charge in [0.05, 0.1) is 0 Å². The third-order valence-corrected chi connectivity index (χ3v) is 5.22. The summed E-state index contributed by atoms with van der Waals surface area (Å²) in [5.41, 5.74) is 2.38. The fraction of sp³-hybridized carbons (Fsp3) is 0.444. The fourth-order valence-corrected chi connectivity index (χ4v) is 4.32. The Hall–Kier alpha value is -0.406. The first-order valence-corrected chi connectivity index (χ1v) is 12.5. The number of carbonyl (C=O) groups is 1. The summed E-state index contributed by atoms with van der Waals surface area (Å²) in [5, 5.41) is 0. The molecule has 13 heteroatoms. The van der Waals surface area contributed by atoms with E-state index < -0.39 is 33.7 Å². The molecule has 0 radical (unpaired) electrons. The molecule has 1 rings (SSSR count). The van der Waals surface area contributed by atoms with Gasteiger partial charge in [0.2, 0.25) is 0 Å². The van der Waals surface area contributed by atoms with Gasteiger partial charge in [-0.1, -0.05) is 24.3 Å². The first kappa shape index (κ1) is 30.6. The maximum absolute atomic E-state index is 11.4. The third kappa shape index (κ3) is 13.0. The van der Waals surface area contributed by atoms with Crippen molar-refractivity contribution in [2.45, 2.75) is 27.3 Å². The van der Waals surface area contributed by atoms with Crippen LogP contribution in [0.2, 0.25) is 0 Å². The Labute approximate surface area is 207 Å². The van der Waals surface area contributed by atoms with Crippen LogP contribution in [0.3, 0.4) is 0 Å². The van der Waals surface area contributed by atoms with Crippen LogP contribution in [0.15, 0.2) is 24.3 Å². The smallest absolute Gasteiger partial charge is 0.524 e. The number of hydrogen-bond acceptors (Lipinski definition) is 6. The Morgan fingerprint density at radius 2 is 1.65 bits per heavy atom. The average Bonchev–Trinajstić information content (AvgIpc) is 2.52. The van der Waals surface area contributed by atoms with Crippen molar-refractivity contribution in [1.29, 1.82) is 0 Å². The van der Waals surface area contributed by atoms with Crippen molar-refractivity contribution in [3.05, 3.63) is 47.4 Å². The minimum Gasteiger partial charge on any atom is -0.524 e. The van der Waals surface area contributed by atoms with Crippen LogP contribution >= 0.6 is 15.2 Å². The van der Waals surface area contributed by atoms with Gasteiger partial charge in [0.1, 0.15) is 18.3 Å². The minimum atomic E-state index is -4.55. The van der Waals surface area contributed by atoms with Gasteiger partial charge in [-0.25, -0.2) is 4.79 Å². The van der Waals surface area contributed by atoms with Crippen molar-refractivity contribution < 1.29 is 75.7 Å². The second-order valence-electron chi connectivity index (χ2n) is 6.99. The Kier molecular flexibility index (Phi) is 13.2. The van der Waals surface area contributed by atoms with Crippen LogP contribution in [0.1, 0.15) is 23.6 Å². The Morgan fingerprint density at radius 3 is 2.13 bits per heavy atom. The summed E-state index contributed by atoms with van der Waals surface area (Å²) in [5.74, 6) is -0.103. The van der Waals surface area contributed by atoms with Gasteiger partial charge in [-0.2, -0.15) is 0 Å². The van der Waals surface area contributed by atoms with Crippen LogP contribution in [-0.2, 0) is 57.9 Å². The largest absolute Gasteiger partial charge is 3.00 e. The molecule has 0 saturated carbocycles. The second-order valence-corrected chi connectivity index (χ2v) is 10.2. The molecule has 31 heavy (non-hydrogen) atoms. The predicted octanol–water partition coefficient (Wildman–Crippen LogP) is 2.08. The molecule has 0 saturated heterocycles. The molecule has 1 aromatic rings. The molecule has 0 bridgehead atoms. The Bertz CT molecular complexity index is 842. The molecule has 0 unspecified atom stereocenters. The van der Waals surface area contributed by atoms with Crippen molar-refractivity contribution in [1.82, 2.24) is 4.90 Å². The predicted molar refractivity (Wildman–Crippen MR) is 111 cm³/mol. The molecule has 0 atom stereocenters. The number of ether oxygens (including phenoxy) is 2. The molecule has 0 amide bonds. The summed E-state index contributed by atoms with van der Waals surface area (Å²) >= 11 is 0. The van der Waals surface area contributed by atoms with Gasteiger partial charge in [-0.3, -0.25) is 20.5 Å². The van der Waals surface area contributed by atoms with Gasteiger partial charge in [-0.15, -0.1) is 0 Å².